The average molecular weight is 336 g/mol. The molecular formula is C16H20N2O4S. The van der Waals surface area contributed by atoms with E-state index >= 15 is 0 Å². The predicted octanol–water partition coefficient (Wildman–Crippen LogP) is 2.15. The molecule has 0 bridgehead atoms. The Labute approximate surface area is 136 Å². The quantitative estimate of drug-likeness (QED) is 0.747. The number of benzene rings is 1. The number of sulfonamides is 1. The van der Waals surface area contributed by atoms with Crippen LogP contribution in [0.2, 0.25) is 0 Å². The van der Waals surface area contributed by atoms with Gasteiger partial charge in [-0.15, -0.1) is 0 Å². The zero-order chi connectivity index (χ0) is 16.7. The van der Waals surface area contributed by atoms with Gasteiger partial charge in [-0.05, 0) is 43.3 Å². The second kappa shape index (κ2) is 8.05. The molecule has 7 heteroatoms. The van der Waals surface area contributed by atoms with Gasteiger partial charge in [-0.25, -0.2) is 13.1 Å². The van der Waals surface area contributed by atoms with E-state index in [0.29, 0.717) is 24.7 Å². The summed E-state index contributed by atoms with van der Waals surface area (Å²) in [6.45, 7) is 2.64. The summed E-state index contributed by atoms with van der Waals surface area (Å²) in [5, 5.41) is 0. The van der Waals surface area contributed by atoms with Crippen LogP contribution in [0.15, 0.2) is 53.6 Å². The fourth-order valence-electron chi connectivity index (χ4n) is 1.95. The van der Waals surface area contributed by atoms with Gasteiger partial charge in [0.1, 0.15) is 12.4 Å². The number of aromatic nitrogens is 1. The van der Waals surface area contributed by atoms with E-state index in [4.69, 9.17) is 9.47 Å². The van der Waals surface area contributed by atoms with Crippen LogP contribution in [0.1, 0.15) is 18.7 Å². The van der Waals surface area contributed by atoms with E-state index < -0.39 is 16.1 Å². The summed E-state index contributed by atoms with van der Waals surface area (Å²) in [4.78, 5) is 4.33. The van der Waals surface area contributed by atoms with Gasteiger partial charge in [0.25, 0.3) is 0 Å². The van der Waals surface area contributed by atoms with Gasteiger partial charge < -0.3 is 9.47 Å². The summed E-state index contributed by atoms with van der Waals surface area (Å²) in [5.41, 5.74) is 0.663. The number of hydrogen-bond acceptors (Lipinski definition) is 5. The van der Waals surface area contributed by atoms with Gasteiger partial charge in [0, 0.05) is 13.3 Å². The molecule has 0 fully saturated rings. The molecule has 1 atom stereocenters. The zero-order valence-corrected chi connectivity index (χ0v) is 13.9. The highest BCUT2D eigenvalue weighted by Crippen LogP contribution is 2.18. The lowest BCUT2D eigenvalue weighted by molar-refractivity contribution is 0.146. The Balaban J connectivity index is 2.04. The maximum Gasteiger partial charge on any atom is 0.241 e. The molecule has 1 N–H and O–H groups in total. The Bertz CT molecular complexity index is 703. The van der Waals surface area contributed by atoms with Crippen molar-refractivity contribution in [1.29, 1.82) is 0 Å². The normalized spacial score (nSPS) is 12.8. The third-order valence-electron chi connectivity index (χ3n) is 3.15. The first-order chi connectivity index (χ1) is 11.0. The monoisotopic (exact) mass is 336 g/mol. The maximum absolute atomic E-state index is 12.4. The van der Waals surface area contributed by atoms with Crippen molar-refractivity contribution in [3.05, 3.63) is 54.4 Å². The highest BCUT2D eigenvalue weighted by molar-refractivity contribution is 7.89. The van der Waals surface area contributed by atoms with Crippen LogP contribution in [0.25, 0.3) is 0 Å². The van der Waals surface area contributed by atoms with E-state index in [2.05, 4.69) is 9.71 Å². The molecule has 124 valence electrons. The fraction of sp³-hybridized carbons (Fsp3) is 0.312. The van der Waals surface area contributed by atoms with Crippen molar-refractivity contribution in [2.75, 3.05) is 20.3 Å². The number of rotatable bonds is 8. The third kappa shape index (κ3) is 5.02. The van der Waals surface area contributed by atoms with Gasteiger partial charge in [0.05, 0.1) is 23.2 Å². The Morgan fingerprint density at radius 1 is 1.13 bits per heavy atom. The summed E-state index contributed by atoms with van der Waals surface area (Å²) >= 11 is 0. The minimum Gasteiger partial charge on any atom is -0.491 e. The second-order valence-corrected chi connectivity index (χ2v) is 6.62. The van der Waals surface area contributed by atoms with Crippen molar-refractivity contribution in [2.45, 2.75) is 17.9 Å². The molecule has 23 heavy (non-hydrogen) atoms. The molecule has 0 amide bonds. The van der Waals surface area contributed by atoms with Gasteiger partial charge in [0.15, 0.2) is 0 Å². The summed E-state index contributed by atoms with van der Waals surface area (Å²) < 4.78 is 37.7. The number of pyridine rings is 1. The number of methoxy groups -OCH3 is 1. The summed E-state index contributed by atoms with van der Waals surface area (Å²) in [7, 11) is -2.03. The first-order valence-electron chi connectivity index (χ1n) is 7.18. The number of nitrogens with one attached hydrogen (secondary N) is 1. The molecule has 1 heterocycles. The van der Waals surface area contributed by atoms with E-state index in [1.807, 2.05) is 6.07 Å². The van der Waals surface area contributed by atoms with Crippen LogP contribution in [0.4, 0.5) is 0 Å². The van der Waals surface area contributed by atoms with Gasteiger partial charge in [-0.1, -0.05) is 6.07 Å². The van der Waals surface area contributed by atoms with Crippen molar-refractivity contribution in [1.82, 2.24) is 9.71 Å². The Hall–Kier alpha value is -1.96. The van der Waals surface area contributed by atoms with Crippen molar-refractivity contribution in [3.63, 3.8) is 0 Å². The summed E-state index contributed by atoms with van der Waals surface area (Å²) in [5.74, 6) is 0.596. The van der Waals surface area contributed by atoms with E-state index in [1.54, 1.807) is 44.5 Å². The largest absolute Gasteiger partial charge is 0.491 e. The van der Waals surface area contributed by atoms with Crippen LogP contribution >= 0.6 is 0 Å². The molecule has 6 nitrogen and oxygen atoms in total. The number of hydrogen-bond donors (Lipinski definition) is 1. The Morgan fingerprint density at radius 3 is 2.48 bits per heavy atom. The first kappa shape index (κ1) is 17.4. The van der Waals surface area contributed by atoms with Gasteiger partial charge in [-0.2, -0.15) is 0 Å². The van der Waals surface area contributed by atoms with Crippen molar-refractivity contribution >= 4 is 10.0 Å². The van der Waals surface area contributed by atoms with Crippen LogP contribution in [-0.4, -0.2) is 33.7 Å². The van der Waals surface area contributed by atoms with Crippen LogP contribution in [0.3, 0.4) is 0 Å². The fourth-order valence-corrected chi connectivity index (χ4v) is 3.17. The lowest BCUT2D eigenvalue weighted by Gasteiger charge is -2.14. The Morgan fingerprint density at radius 2 is 1.87 bits per heavy atom. The van der Waals surface area contributed by atoms with E-state index in [-0.39, 0.29) is 4.90 Å². The van der Waals surface area contributed by atoms with Gasteiger partial charge in [0.2, 0.25) is 10.0 Å². The lowest BCUT2D eigenvalue weighted by atomic mass is 10.2. The molecule has 0 aliphatic carbocycles. The van der Waals surface area contributed by atoms with Gasteiger partial charge in [-0.3, -0.25) is 4.98 Å². The minimum absolute atomic E-state index is 0.180. The molecule has 0 saturated carbocycles. The molecular weight excluding hydrogens is 316 g/mol. The molecule has 0 saturated heterocycles. The van der Waals surface area contributed by atoms with E-state index in [9.17, 15) is 8.42 Å². The van der Waals surface area contributed by atoms with Crippen LogP contribution in [-0.2, 0) is 14.8 Å². The molecule has 1 aromatic carbocycles. The molecule has 2 aromatic rings. The predicted molar refractivity (Wildman–Crippen MR) is 86.8 cm³/mol. The molecule has 0 aliphatic rings. The van der Waals surface area contributed by atoms with Gasteiger partial charge >= 0.3 is 0 Å². The standard InChI is InChI=1S/C16H20N2O4S/c1-13(16-5-3-4-10-17-16)18-23(19,20)15-8-6-14(7-9-15)22-12-11-21-2/h3-10,13,18H,11-12H2,1-2H3. The minimum atomic E-state index is -3.62. The highest BCUT2D eigenvalue weighted by atomic mass is 32.2. The van der Waals surface area contributed by atoms with Crippen LogP contribution < -0.4 is 9.46 Å². The first-order valence-corrected chi connectivity index (χ1v) is 8.66. The zero-order valence-electron chi connectivity index (χ0n) is 13.1. The summed E-state index contributed by atoms with van der Waals surface area (Å²) in [6.07, 6.45) is 1.63. The molecule has 0 aliphatic heterocycles. The number of nitrogens with zero attached hydrogens (tertiary/aromatic N) is 1. The molecule has 0 spiro atoms. The molecule has 0 radical (unpaired) electrons. The van der Waals surface area contributed by atoms with Crippen molar-refractivity contribution < 1.29 is 17.9 Å². The van der Waals surface area contributed by atoms with E-state index in [0.717, 1.165) is 0 Å². The molecule has 1 aromatic heterocycles. The SMILES string of the molecule is COCCOc1ccc(S(=O)(=O)NC(C)c2ccccn2)cc1. The van der Waals surface area contributed by atoms with Crippen molar-refractivity contribution in [2.24, 2.45) is 0 Å². The maximum atomic E-state index is 12.4. The van der Waals surface area contributed by atoms with Crippen LogP contribution in [0, 0.1) is 0 Å². The van der Waals surface area contributed by atoms with Crippen molar-refractivity contribution in [3.8, 4) is 5.75 Å². The third-order valence-corrected chi connectivity index (χ3v) is 4.71. The molecule has 2 rings (SSSR count). The van der Waals surface area contributed by atoms with Crippen LogP contribution in [0.5, 0.6) is 5.75 Å². The summed E-state index contributed by atoms with van der Waals surface area (Å²) in [6, 6.07) is 11.2. The Kier molecular flexibility index (Phi) is 6.09. The van der Waals surface area contributed by atoms with E-state index in [1.165, 1.54) is 12.1 Å². The molecule has 1 unspecified atom stereocenters. The topological polar surface area (TPSA) is 77.5 Å². The number of ether oxygens (including phenoxy) is 2. The second-order valence-electron chi connectivity index (χ2n) is 4.91. The lowest BCUT2D eigenvalue weighted by Crippen LogP contribution is -2.27. The highest BCUT2D eigenvalue weighted by Gasteiger charge is 2.18. The smallest absolute Gasteiger partial charge is 0.241 e. The average Bonchev–Trinajstić information content (AvgIpc) is 2.56.